The van der Waals surface area contributed by atoms with Gasteiger partial charge < -0.3 is 0 Å². The number of nitrogens with zero attached hydrogens (tertiary/aromatic N) is 2. The number of sulfonamides is 1. The molecule has 0 aliphatic rings. The van der Waals surface area contributed by atoms with E-state index in [1.54, 1.807) is 25.3 Å². The Balaban J connectivity index is 2.25. The first-order valence-corrected chi connectivity index (χ1v) is 7.37. The minimum Gasteiger partial charge on any atom is -0.281 e. The van der Waals surface area contributed by atoms with Crippen LogP contribution in [0.15, 0.2) is 27.9 Å². The maximum atomic E-state index is 12.2. The third-order valence-corrected chi connectivity index (χ3v) is 5.11. The van der Waals surface area contributed by atoms with Crippen molar-refractivity contribution in [1.82, 2.24) is 14.5 Å². The monoisotopic (exact) mass is 271 g/mol. The van der Waals surface area contributed by atoms with Crippen LogP contribution in [0, 0.1) is 6.92 Å². The van der Waals surface area contributed by atoms with Gasteiger partial charge >= 0.3 is 0 Å². The molecule has 2 rings (SSSR count). The smallest absolute Gasteiger partial charge is 0.246 e. The Hall–Kier alpha value is -1.18. The predicted octanol–water partition coefficient (Wildman–Crippen LogP) is 1.60. The van der Waals surface area contributed by atoms with Gasteiger partial charge in [-0.2, -0.15) is 20.7 Å². The molecular formula is C10H13N3O2S2. The minimum atomic E-state index is -3.46. The number of H-pyrrole nitrogens is 1. The van der Waals surface area contributed by atoms with E-state index in [-0.39, 0.29) is 4.90 Å². The summed E-state index contributed by atoms with van der Waals surface area (Å²) in [6.45, 7) is 2.06. The van der Waals surface area contributed by atoms with Crippen molar-refractivity contribution in [2.24, 2.45) is 0 Å². The topological polar surface area (TPSA) is 66.1 Å². The largest absolute Gasteiger partial charge is 0.281 e. The summed E-state index contributed by atoms with van der Waals surface area (Å²) in [6, 6.07) is 1.92. The Morgan fingerprint density at radius 2 is 2.29 bits per heavy atom. The zero-order chi connectivity index (χ0) is 12.5. The molecule has 0 radical (unpaired) electrons. The molecule has 2 aromatic rings. The SMILES string of the molecule is Cc1[nH]ncc1S(=O)(=O)N(C)Cc1ccsc1. The van der Waals surface area contributed by atoms with E-state index in [4.69, 9.17) is 0 Å². The molecule has 0 saturated carbocycles. The van der Waals surface area contributed by atoms with Gasteiger partial charge in [0, 0.05) is 13.6 Å². The number of aromatic nitrogens is 2. The van der Waals surface area contributed by atoms with E-state index in [1.165, 1.54) is 10.5 Å². The molecule has 0 bridgehead atoms. The van der Waals surface area contributed by atoms with Crippen LogP contribution in [0.2, 0.25) is 0 Å². The summed E-state index contributed by atoms with van der Waals surface area (Å²) >= 11 is 1.55. The predicted molar refractivity (Wildman–Crippen MR) is 66.3 cm³/mol. The highest BCUT2D eigenvalue weighted by Gasteiger charge is 2.24. The van der Waals surface area contributed by atoms with E-state index in [0.717, 1.165) is 5.56 Å². The van der Waals surface area contributed by atoms with E-state index >= 15 is 0 Å². The van der Waals surface area contributed by atoms with Crippen molar-refractivity contribution in [1.29, 1.82) is 0 Å². The van der Waals surface area contributed by atoms with Crippen molar-refractivity contribution >= 4 is 21.4 Å². The van der Waals surface area contributed by atoms with Crippen LogP contribution in [0.1, 0.15) is 11.3 Å². The summed E-state index contributed by atoms with van der Waals surface area (Å²) in [5.74, 6) is 0. The van der Waals surface area contributed by atoms with Gasteiger partial charge in [-0.05, 0) is 29.3 Å². The van der Waals surface area contributed by atoms with Crippen LogP contribution in [0.25, 0.3) is 0 Å². The molecule has 1 N–H and O–H groups in total. The first-order chi connectivity index (χ1) is 8.01. The van der Waals surface area contributed by atoms with Gasteiger partial charge in [0.1, 0.15) is 4.90 Å². The fourth-order valence-corrected chi connectivity index (χ4v) is 3.43. The van der Waals surface area contributed by atoms with Crippen molar-refractivity contribution in [3.8, 4) is 0 Å². The highest BCUT2D eigenvalue weighted by atomic mass is 32.2. The molecule has 0 spiro atoms. The van der Waals surface area contributed by atoms with E-state index in [0.29, 0.717) is 12.2 Å². The Morgan fingerprint density at radius 1 is 1.53 bits per heavy atom. The third kappa shape index (κ3) is 2.41. The maximum Gasteiger partial charge on any atom is 0.246 e. The molecule has 7 heteroatoms. The van der Waals surface area contributed by atoms with Crippen LogP contribution in [-0.2, 0) is 16.6 Å². The summed E-state index contributed by atoms with van der Waals surface area (Å²) < 4.78 is 25.7. The van der Waals surface area contributed by atoms with Gasteiger partial charge in [0.2, 0.25) is 10.0 Å². The molecule has 2 heterocycles. The van der Waals surface area contributed by atoms with Crippen LogP contribution >= 0.6 is 11.3 Å². The quantitative estimate of drug-likeness (QED) is 0.918. The second-order valence-corrected chi connectivity index (χ2v) is 6.55. The van der Waals surface area contributed by atoms with Gasteiger partial charge in [0.25, 0.3) is 0 Å². The van der Waals surface area contributed by atoms with Gasteiger partial charge in [-0.25, -0.2) is 8.42 Å². The lowest BCUT2D eigenvalue weighted by Gasteiger charge is -2.15. The van der Waals surface area contributed by atoms with Crippen LogP contribution in [0.5, 0.6) is 0 Å². The molecule has 17 heavy (non-hydrogen) atoms. The molecule has 5 nitrogen and oxygen atoms in total. The average Bonchev–Trinajstić information content (AvgIpc) is 2.89. The van der Waals surface area contributed by atoms with E-state index in [9.17, 15) is 8.42 Å². The zero-order valence-corrected chi connectivity index (χ0v) is 11.2. The van der Waals surface area contributed by atoms with Crippen LogP contribution < -0.4 is 0 Å². The van der Waals surface area contributed by atoms with Gasteiger partial charge in [-0.3, -0.25) is 5.10 Å². The molecule has 2 aromatic heterocycles. The fourth-order valence-electron chi connectivity index (χ4n) is 1.49. The van der Waals surface area contributed by atoms with Crippen LogP contribution in [0.4, 0.5) is 0 Å². The summed E-state index contributed by atoms with van der Waals surface area (Å²) in [5, 5.41) is 10.2. The second kappa shape index (κ2) is 4.59. The Labute approximate surface area is 104 Å². The van der Waals surface area contributed by atoms with Gasteiger partial charge in [0.15, 0.2) is 0 Å². The fraction of sp³-hybridized carbons (Fsp3) is 0.300. The number of nitrogens with one attached hydrogen (secondary N) is 1. The van der Waals surface area contributed by atoms with E-state index < -0.39 is 10.0 Å². The maximum absolute atomic E-state index is 12.2. The van der Waals surface area contributed by atoms with Crippen LogP contribution in [0.3, 0.4) is 0 Å². The number of thiophene rings is 1. The first-order valence-electron chi connectivity index (χ1n) is 4.99. The Kier molecular flexibility index (Phi) is 3.32. The summed E-state index contributed by atoms with van der Waals surface area (Å²) in [5.41, 5.74) is 1.55. The highest BCUT2D eigenvalue weighted by Crippen LogP contribution is 2.19. The lowest BCUT2D eigenvalue weighted by Crippen LogP contribution is -2.26. The normalized spacial score (nSPS) is 12.2. The average molecular weight is 271 g/mol. The zero-order valence-electron chi connectivity index (χ0n) is 9.54. The lowest BCUT2D eigenvalue weighted by molar-refractivity contribution is 0.467. The van der Waals surface area contributed by atoms with Crippen molar-refractivity contribution in [3.63, 3.8) is 0 Å². The molecule has 0 aliphatic heterocycles. The molecule has 0 atom stereocenters. The molecule has 0 aliphatic carbocycles. The molecule has 0 aromatic carbocycles. The molecule has 0 fully saturated rings. The van der Waals surface area contributed by atoms with Gasteiger partial charge in [-0.1, -0.05) is 0 Å². The van der Waals surface area contributed by atoms with Crippen LogP contribution in [-0.4, -0.2) is 30.0 Å². The van der Waals surface area contributed by atoms with Crippen molar-refractivity contribution in [2.75, 3.05) is 7.05 Å². The van der Waals surface area contributed by atoms with Gasteiger partial charge in [0.05, 0.1) is 11.9 Å². The number of rotatable bonds is 4. The Morgan fingerprint density at radius 3 is 2.82 bits per heavy atom. The number of aromatic amines is 1. The van der Waals surface area contributed by atoms with Crippen molar-refractivity contribution in [2.45, 2.75) is 18.4 Å². The Bertz CT molecular complexity index is 587. The third-order valence-electron chi connectivity index (χ3n) is 2.46. The molecule has 0 amide bonds. The molecule has 0 unspecified atom stereocenters. The van der Waals surface area contributed by atoms with E-state index in [1.807, 2.05) is 16.8 Å². The second-order valence-electron chi connectivity index (χ2n) is 3.75. The van der Waals surface area contributed by atoms with Gasteiger partial charge in [-0.15, -0.1) is 0 Å². The first kappa shape index (κ1) is 12.3. The van der Waals surface area contributed by atoms with Crippen molar-refractivity contribution in [3.05, 3.63) is 34.3 Å². The summed E-state index contributed by atoms with van der Waals surface area (Å²) in [4.78, 5) is 0.232. The lowest BCUT2D eigenvalue weighted by atomic mass is 10.3. The van der Waals surface area contributed by atoms with Crippen molar-refractivity contribution < 1.29 is 8.42 Å². The number of hydrogen-bond acceptors (Lipinski definition) is 4. The van der Waals surface area contributed by atoms with E-state index in [2.05, 4.69) is 10.2 Å². The molecular weight excluding hydrogens is 258 g/mol. The highest BCUT2D eigenvalue weighted by molar-refractivity contribution is 7.89. The molecule has 92 valence electrons. The molecule has 0 saturated heterocycles. The number of hydrogen-bond donors (Lipinski definition) is 1. The number of aryl methyl sites for hydroxylation is 1. The minimum absolute atomic E-state index is 0.232. The standard InChI is InChI=1S/C10H13N3O2S2/c1-8-10(5-11-12-8)17(14,15)13(2)6-9-3-4-16-7-9/h3-5,7H,6H2,1-2H3,(H,11,12). The summed E-state index contributed by atoms with van der Waals surface area (Å²) in [7, 11) is -1.89. The summed E-state index contributed by atoms with van der Waals surface area (Å²) in [6.07, 6.45) is 1.34.